The van der Waals surface area contributed by atoms with Gasteiger partial charge in [0.05, 0.1) is 10.4 Å². The Morgan fingerprint density at radius 2 is 2.08 bits per heavy atom. The summed E-state index contributed by atoms with van der Waals surface area (Å²) in [4.78, 5) is 15.7. The number of rotatable bonds is 3. The lowest BCUT2D eigenvalue weighted by Crippen LogP contribution is -2.22. The number of aryl methyl sites for hydroxylation is 2. The number of hydrogen-bond donors (Lipinski definition) is 0. The zero-order chi connectivity index (χ0) is 17.7. The molecule has 0 saturated carbocycles. The maximum absolute atomic E-state index is 5.59. The fourth-order valence-corrected chi connectivity index (χ4v) is 4.55. The molecule has 4 aromatic heterocycles. The summed E-state index contributed by atoms with van der Waals surface area (Å²) in [5.41, 5.74) is 2.84. The zero-order valence-electron chi connectivity index (χ0n) is 14.5. The molecule has 26 heavy (non-hydrogen) atoms. The Morgan fingerprint density at radius 1 is 1.23 bits per heavy atom. The Bertz CT molecular complexity index is 1030. The van der Waals surface area contributed by atoms with Crippen LogP contribution in [-0.2, 0) is 7.05 Å². The summed E-state index contributed by atoms with van der Waals surface area (Å²) in [7, 11) is 1.93. The van der Waals surface area contributed by atoms with Crippen LogP contribution in [0.3, 0.4) is 0 Å². The predicted octanol–water partition coefficient (Wildman–Crippen LogP) is 3.12. The van der Waals surface area contributed by atoms with Crippen molar-refractivity contribution in [2.75, 3.05) is 11.4 Å². The molecule has 0 aromatic carbocycles. The molecule has 9 heteroatoms. The molecule has 1 fully saturated rings. The van der Waals surface area contributed by atoms with Gasteiger partial charge in [-0.1, -0.05) is 16.5 Å². The quantitative estimate of drug-likeness (QED) is 0.550. The number of thiazole rings is 1. The Balaban J connectivity index is 1.49. The first kappa shape index (κ1) is 15.4. The highest BCUT2D eigenvalue weighted by Crippen LogP contribution is 2.40. The van der Waals surface area contributed by atoms with Gasteiger partial charge in [-0.25, -0.2) is 9.67 Å². The highest BCUT2D eigenvalue weighted by molar-refractivity contribution is 7.22. The molecular weight excluding hydrogens is 350 g/mol. The van der Waals surface area contributed by atoms with Crippen molar-refractivity contribution in [1.82, 2.24) is 29.9 Å². The molecule has 1 aliphatic rings. The minimum Gasteiger partial charge on any atom is -0.337 e. The first-order chi connectivity index (χ1) is 12.7. The van der Waals surface area contributed by atoms with Crippen LogP contribution in [0.4, 0.5) is 5.13 Å². The molecule has 4 aromatic rings. The molecular formula is C17H17N7OS. The van der Waals surface area contributed by atoms with E-state index in [0.717, 1.165) is 46.1 Å². The number of nitrogens with zero attached hydrogens (tertiary/aromatic N) is 7. The summed E-state index contributed by atoms with van der Waals surface area (Å²) >= 11 is 1.68. The number of fused-ring (bicyclic) bond motifs is 1. The second-order valence-electron chi connectivity index (χ2n) is 6.40. The Hall–Kier alpha value is -2.81. The fourth-order valence-electron chi connectivity index (χ4n) is 3.44. The second-order valence-corrected chi connectivity index (χ2v) is 7.38. The van der Waals surface area contributed by atoms with E-state index < -0.39 is 0 Å². The summed E-state index contributed by atoms with van der Waals surface area (Å²) in [6.07, 6.45) is 5.51. The van der Waals surface area contributed by atoms with E-state index in [9.17, 15) is 0 Å². The van der Waals surface area contributed by atoms with Gasteiger partial charge in [-0.05, 0) is 31.9 Å². The summed E-state index contributed by atoms with van der Waals surface area (Å²) in [6, 6.07) is 3.82. The normalized spacial score (nSPS) is 17.5. The Morgan fingerprint density at radius 3 is 2.88 bits per heavy atom. The summed E-state index contributed by atoms with van der Waals surface area (Å²) < 4.78 is 8.57. The third-order valence-electron chi connectivity index (χ3n) is 4.70. The molecule has 0 unspecified atom stereocenters. The topological polar surface area (TPSA) is 85.8 Å². The lowest BCUT2D eigenvalue weighted by molar-refractivity contribution is 0.355. The van der Waals surface area contributed by atoms with Crippen molar-refractivity contribution in [3.63, 3.8) is 0 Å². The number of aromatic nitrogens is 6. The van der Waals surface area contributed by atoms with Crippen LogP contribution < -0.4 is 4.90 Å². The molecule has 132 valence electrons. The average Bonchev–Trinajstić information content (AvgIpc) is 3.41. The maximum Gasteiger partial charge on any atom is 0.249 e. The van der Waals surface area contributed by atoms with E-state index in [0.29, 0.717) is 11.7 Å². The van der Waals surface area contributed by atoms with Gasteiger partial charge in [0.1, 0.15) is 6.04 Å². The molecule has 8 nitrogen and oxygen atoms in total. The van der Waals surface area contributed by atoms with Crippen molar-refractivity contribution in [1.29, 1.82) is 0 Å². The zero-order valence-corrected chi connectivity index (χ0v) is 15.3. The highest BCUT2D eigenvalue weighted by Gasteiger charge is 2.33. The predicted molar refractivity (Wildman–Crippen MR) is 98.0 cm³/mol. The Kier molecular flexibility index (Phi) is 3.49. The van der Waals surface area contributed by atoms with Gasteiger partial charge in [-0.15, -0.1) is 0 Å². The molecule has 0 aliphatic carbocycles. The molecule has 5 heterocycles. The van der Waals surface area contributed by atoms with Gasteiger partial charge in [-0.2, -0.15) is 10.1 Å². The largest absolute Gasteiger partial charge is 0.337 e. The van der Waals surface area contributed by atoms with Crippen molar-refractivity contribution < 1.29 is 4.52 Å². The average molecular weight is 367 g/mol. The minimum atomic E-state index is 0.0620. The van der Waals surface area contributed by atoms with E-state index in [4.69, 9.17) is 9.51 Å². The van der Waals surface area contributed by atoms with Crippen LogP contribution in [0.25, 0.3) is 21.7 Å². The molecule has 0 spiro atoms. The van der Waals surface area contributed by atoms with Gasteiger partial charge in [0.15, 0.2) is 10.8 Å². The molecule has 0 bridgehead atoms. The number of hydrogen-bond acceptors (Lipinski definition) is 8. The van der Waals surface area contributed by atoms with Gasteiger partial charge < -0.3 is 9.42 Å². The van der Waals surface area contributed by atoms with Gasteiger partial charge in [0, 0.05) is 31.5 Å². The SMILES string of the molecule is Cc1nn(C)c2nc(N3CCC[C@H]3c3nc(-c4ccncc4)no3)sc12. The maximum atomic E-state index is 5.59. The second kappa shape index (κ2) is 5.87. The van der Waals surface area contributed by atoms with Gasteiger partial charge in [0.25, 0.3) is 0 Å². The van der Waals surface area contributed by atoms with Crippen LogP contribution >= 0.6 is 11.3 Å². The minimum absolute atomic E-state index is 0.0620. The van der Waals surface area contributed by atoms with E-state index >= 15 is 0 Å². The van der Waals surface area contributed by atoms with Gasteiger partial charge in [-0.3, -0.25) is 4.98 Å². The Labute approximate surface area is 153 Å². The van der Waals surface area contributed by atoms with Crippen LogP contribution in [0, 0.1) is 6.92 Å². The lowest BCUT2D eigenvalue weighted by Gasteiger charge is -2.20. The third-order valence-corrected chi connectivity index (χ3v) is 5.89. The van der Waals surface area contributed by atoms with E-state index in [-0.39, 0.29) is 6.04 Å². The van der Waals surface area contributed by atoms with Crippen molar-refractivity contribution >= 4 is 26.8 Å². The van der Waals surface area contributed by atoms with Crippen LogP contribution in [-0.4, -0.2) is 36.4 Å². The number of anilines is 1. The standard InChI is InChI=1S/C17H17N7OS/c1-10-13-15(23(2)21-10)20-17(26-13)24-9-3-4-12(24)16-19-14(22-25-16)11-5-7-18-8-6-11/h5-8,12H,3-4,9H2,1-2H3/t12-/m0/s1. The number of pyridine rings is 1. The summed E-state index contributed by atoms with van der Waals surface area (Å²) in [6.45, 7) is 2.95. The van der Waals surface area contributed by atoms with E-state index in [1.54, 1.807) is 23.7 Å². The van der Waals surface area contributed by atoms with Crippen LogP contribution in [0.5, 0.6) is 0 Å². The van der Waals surface area contributed by atoms with Crippen LogP contribution in [0.15, 0.2) is 29.0 Å². The molecule has 0 N–H and O–H groups in total. The van der Waals surface area contributed by atoms with Crippen LogP contribution in [0.2, 0.25) is 0 Å². The molecule has 0 amide bonds. The van der Waals surface area contributed by atoms with Gasteiger partial charge >= 0.3 is 0 Å². The van der Waals surface area contributed by atoms with E-state index in [1.807, 2.05) is 30.8 Å². The smallest absolute Gasteiger partial charge is 0.249 e. The van der Waals surface area contributed by atoms with Crippen LogP contribution in [0.1, 0.15) is 30.5 Å². The van der Waals surface area contributed by atoms with Crippen molar-refractivity contribution in [3.8, 4) is 11.4 Å². The highest BCUT2D eigenvalue weighted by atomic mass is 32.1. The molecule has 1 saturated heterocycles. The van der Waals surface area contributed by atoms with Gasteiger partial charge in [0.2, 0.25) is 11.7 Å². The first-order valence-corrected chi connectivity index (χ1v) is 9.33. The monoisotopic (exact) mass is 367 g/mol. The molecule has 5 rings (SSSR count). The van der Waals surface area contributed by atoms with E-state index in [2.05, 4.69) is 25.1 Å². The molecule has 1 aliphatic heterocycles. The molecule has 0 radical (unpaired) electrons. The summed E-state index contributed by atoms with van der Waals surface area (Å²) in [5.74, 6) is 1.24. The lowest BCUT2D eigenvalue weighted by atomic mass is 10.2. The van der Waals surface area contributed by atoms with Crippen molar-refractivity contribution in [2.45, 2.75) is 25.8 Å². The molecule has 1 atom stereocenters. The summed E-state index contributed by atoms with van der Waals surface area (Å²) in [5, 5.41) is 9.57. The third kappa shape index (κ3) is 2.38. The van der Waals surface area contributed by atoms with E-state index in [1.165, 1.54) is 0 Å². The van der Waals surface area contributed by atoms with Crippen molar-refractivity contribution in [2.24, 2.45) is 7.05 Å². The fraction of sp³-hybridized carbons (Fsp3) is 0.353. The first-order valence-electron chi connectivity index (χ1n) is 8.51. The van der Waals surface area contributed by atoms with Crippen molar-refractivity contribution in [3.05, 3.63) is 36.1 Å².